The van der Waals surface area contributed by atoms with Crippen LogP contribution in [0.1, 0.15) is 21.5 Å². The number of carbonyl (C=O) groups excluding carboxylic acids is 1. The third-order valence-electron chi connectivity index (χ3n) is 4.84. The second-order valence-corrected chi connectivity index (χ2v) is 6.98. The molecule has 0 aliphatic rings. The van der Waals surface area contributed by atoms with Crippen LogP contribution in [0, 0.1) is 12.3 Å². The van der Waals surface area contributed by atoms with Crippen LogP contribution in [0.15, 0.2) is 85.1 Å². The minimum Gasteiger partial charge on any atom is -0.497 e. The Balaban J connectivity index is 1.69. The highest BCUT2D eigenvalue weighted by Gasteiger charge is 2.19. The van der Waals surface area contributed by atoms with Gasteiger partial charge < -0.3 is 10.1 Å². The van der Waals surface area contributed by atoms with E-state index in [1.165, 1.54) is 0 Å². The lowest BCUT2D eigenvalue weighted by Crippen LogP contribution is -2.12. The van der Waals surface area contributed by atoms with E-state index in [0.717, 1.165) is 16.9 Å². The molecule has 1 N–H and O–H groups in total. The van der Waals surface area contributed by atoms with Crippen LogP contribution in [0.4, 0.5) is 5.69 Å². The molecule has 0 saturated carbocycles. The Morgan fingerprint density at radius 1 is 1.06 bits per heavy atom. The van der Waals surface area contributed by atoms with E-state index < -0.39 is 0 Å². The van der Waals surface area contributed by atoms with Gasteiger partial charge in [0.25, 0.3) is 5.91 Å². The van der Waals surface area contributed by atoms with Gasteiger partial charge in [-0.25, -0.2) is 0 Å². The van der Waals surface area contributed by atoms with Crippen molar-refractivity contribution in [3.63, 3.8) is 0 Å². The monoisotopic (exact) mass is 407 g/mol. The Labute approximate surface area is 181 Å². The summed E-state index contributed by atoms with van der Waals surface area (Å²) in [5, 5.41) is 7.64. The standard InChI is InChI=1S/C26H21N3O2/c1-3-19-10-7-11-22(16-19)27-26(30)24-18-29(17-20-8-5-4-6-9-20)28-25(24)21-12-14-23(31-2)15-13-21/h1,4-16,18H,17H2,2H3,(H,27,30). The number of nitrogens with one attached hydrogen (secondary N) is 1. The van der Waals surface area contributed by atoms with Crippen LogP contribution in [-0.4, -0.2) is 22.8 Å². The number of aromatic nitrogens is 2. The van der Waals surface area contributed by atoms with E-state index in [9.17, 15) is 4.79 Å². The van der Waals surface area contributed by atoms with Gasteiger partial charge in [0.2, 0.25) is 0 Å². The normalized spacial score (nSPS) is 10.3. The molecule has 0 unspecified atom stereocenters. The molecule has 0 saturated heterocycles. The fourth-order valence-corrected chi connectivity index (χ4v) is 3.29. The summed E-state index contributed by atoms with van der Waals surface area (Å²) in [5.41, 5.74) is 4.34. The second-order valence-electron chi connectivity index (χ2n) is 6.98. The van der Waals surface area contributed by atoms with Crippen molar-refractivity contribution in [2.75, 3.05) is 12.4 Å². The van der Waals surface area contributed by atoms with Crippen molar-refractivity contribution in [1.29, 1.82) is 0 Å². The predicted molar refractivity (Wildman–Crippen MR) is 122 cm³/mol. The summed E-state index contributed by atoms with van der Waals surface area (Å²) in [6.45, 7) is 0.559. The zero-order valence-corrected chi connectivity index (χ0v) is 17.1. The molecular formula is C26H21N3O2. The molecule has 3 aromatic carbocycles. The minimum absolute atomic E-state index is 0.251. The molecule has 0 fully saturated rings. The number of carbonyl (C=O) groups is 1. The summed E-state index contributed by atoms with van der Waals surface area (Å²) >= 11 is 0. The van der Waals surface area contributed by atoms with Crippen LogP contribution in [0.2, 0.25) is 0 Å². The van der Waals surface area contributed by atoms with Gasteiger partial charge in [0.15, 0.2) is 0 Å². The lowest BCUT2D eigenvalue weighted by molar-refractivity contribution is 0.102. The van der Waals surface area contributed by atoms with E-state index in [2.05, 4.69) is 11.2 Å². The first-order valence-corrected chi connectivity index (χ1v) is 9.80. The summed E-state index contributed by atoms with van der Waals surface area (Å²) < 4.78 is 7.03. The number of amides is 1. The van der Waals surface area contributed by atoms with Gasteiger partial charge in [0.1, 0.15) is 11.4 Å². The van der Waals surface area contributed by atoms with Crippen LogP contribution >= 0.6 is 0 Å². The number of terminal acetylenes is 1. The fraction of sp³-hybridized carbons (Fsp3) is 0.0769. The SMILES string of the molecule is C#Cc1cccc(NC(=O)c2cn(Cc3ccccc3)nc2-c2ccc(OC)cc2)c1. The average Bonchev–Trinajstić information content (AvgIpc) is 3.24. The summed E-state index contributed by atoms with van der Waals surface area (Å²) in [4.78, 5) is 13.2. The van der Waals surface area contributed by atoms with Crippen LogP contribution < -0.4 is 10.1 Å². The maximum absolute atomic E-state index is 13.2. The van der Waals surface area contributed by atoms with E-state index >= 15 is 0 Å². The van der Waals surface area contributed by atoms with Gasteiger partial charge in [-0.3, -0.25) is 9.48 Å². The van der Waals surface area contributed by atoms with Crippen molar-refractivity contribution >= 4 is 11.6 Å². The molecule has 0 radical (unpaired) electrons. The van der Waals surface area contributed by atoms with Crippen molar-refractivity contribution in [2.24, 2.45) is 0 Å². The molecule has 0 atom stereocenters. The lowest BCUT2D eigenvalue weighted by Gasteiger charge is -2.06. The molecular weight excluding hydrogens is 386 g/mol. The van der Waals surface area contributed by atoms with Crippen molar-refractivity contribution < 1.29 is 9.53 Å². The molecule has 5 nitrogen and oxygen atoms in total. The number of methoxy groups -OCH3 is 1. The zero-order chi connectivity index (χ0) is 21.6. The largest absolute Gasteiger partial charge is 0.497 e. The zero-order valence-electron chi connectivity index (χ0n) is 17.1. The number of anilines is 1. The summed E-state index contributed by atoms with van der Waals surface area (Å²) in [6, 6.07) is 24.7. The van der Waals surface area contributed by atoms with Gasteiger partial charge in [-0.15, -0.1) is 6.42 Å². The summed E-state index contributed by atoms with van der Waals surface area (Å²) in [6.07, 6.45) is 7.25. The first-order valence-electron chi connectivity index (χ1n) is 9.80. The van der Waals surface area contributed by atoms with E-state index in [-0.39, 0.29) is 5.91 Å². The molecule has 0 aliphatic carbocycles. The average molecular weight is 407 g/mol. The quantitative estimate of drug-likeness (QED) is 0.465. The number of nitrogens with zero attached hydrogens (tertiary/aromatic N) is 2. The Kier molecular flexibility index (Phi) is 5.82. The smallest absolute Gasteiger partial charge is 0.259 e. The van der Waals surface area contributed by atoms with Gasteiger partial charge in [-0.2, -0.15) is 5.10 Å². The molecule has 1 aromatic heterocycles. The Hall–Kier alpha value is -4.30. The van der Waals surface area contributed by atoms with Crippen molar-refractivity contribution in [2.45, 2.75) is 6.54 Å². The van der Waals surface area contributed by atoms with E-state index in [1.807, 2.05) is 66.7 Å². The molecule has 0 bridgehead atoms. The molecule has 152 valence electrons. The Morgan fingerprint density at radius 3 is 2.55 bits per heavy atom. The van der Waals surface area contributed by atoms with Gasteiger partial charge in [0, 0.05) is 23.0 Å². The van der Waals surface area contributed by atoms with Crippen LogP contribution in [0.3, 0.4) is 0 Å². The molecule has 0 aliphatic heterocycles. The van der Waals surface area contributed by atoms with E-state index in [0.29, 0.717) is 29.1 Å². The van der Waals surface area contributed by atoms with Crippen LogP contribution in [-0.2, 0) is 6.54 Å². The molecule has 4 rings (SSSR count). The van der Waals surface area contributed by atoms with Crippen LogP contribution in [0.5, 0.6) is 5.75 Å². The van der Waals surface area contributed by atoms with Gasteiger partial charge in [0.05, 0.1) is 19.2 Å². The summed E-state index contributed by atoms with van der Waals surface area (Å²) in [5.74, 6) is 3.07. The topological polar surface area (TPSA) is 56.2 Å². The highest BCUT2D eigenvalue weighted by molar-refractivity contribution is 6.08. The van der Waals surface area contributed by atoms with Crippen molar-refractivity contribution in [1.82, 2.24) is 9.78 Å². The van der Waals surface area contributed by atoms with E-state index in [1.54, 1.807) is 30.1 Å². The molecule has 5 heteroatoms. The highest BCUT2D eigenvalue weighted by Crippen LogP contribution is 2.26. The lowest BCUT2D eigenvalue weighted by atomic mass is 10.1. The van der Waals surface area contributed by atoms with Gasteiger partial charge in [-0.05, 0) is 48.0 Å². The van der Waals surface area contributed by atoms with Gasteiger partial charge in [-0.1, -0.05) is 42.3 Å². The predicted octanol–water partition coefficient (Wildman–Crippen LogP) is 4.84. The maximum Gasteiger partial charge on any atom is 0.259 e. The van der Waals surface area contributed by atoms with E-state index in [4.69, 9.17) is 16.3 Å². The fourth-order valence-electron chi connectivity index (χ4n) is 3.29. The Morgan fingerprint density at radius 2 is 1.84 bits per heavy atom. The molecule has 1 heterocycles. The first-order chi connectivity index (χ1) is 15.2. The van der Waals surface area contributed by atoms with Crippen LogP contribution in [0.25, 0.3) is 11.3 Å². The van der Waals surface area contributed by atoms with Crippen molar-refractivity contribution in [3.05, 3.63) is 102 Å². The minimum atomic E-state index is -0.251. The Bertz CT molecular complexity index is 1240. The van der Waals surface area contributed by atoms with Crippen molar-refractivity contribution in [3.8, 4) is 29.4 Å². The second kappa shape index (κ2) is 9.02. The molecule has 1 amide bonds. The number of hydrogen-bond donors (Lipinski definition) is 1. The number of rotatable bonds is 6. The maximum atomic E-state index is 13.2. The first kappa shape index (κ1) is 20.0. The van der Waals surface area contributed by atoms with Gasteiger partial charge >= 0.3 is 0 Å². The third-order valence-corrected chi connectivity index (χ3v) is 4.84. The molecule has 0 spiro atoms. The third kappa shape index (κ3) is 4.65. The number of ether oxygens (including phenoxy) is 1. The number of benzene rings is 3. The highest BCUT2D eigenvalue weighted by atomic mass is 16.5. The molecule has 4 aromatic rings. The summed E-state index contributed by atoms with van der Waals surface area (Å²) in [7, 11) is 1.62. The molecule has 31 heavy (non-hydrogen) atoms. The number of hydrogen-bond acceptors (Lipinski definition) is 3.